The van der Waals surface area contributed by atoms with Gasteiger partial charge in [0.1, 0.15) is 6.54 Å². The highest BCUT2D eigenvalue weighted by atomic mass is 79.9. The molecule has 1 aromatic heterocycles. The average Bonchev–Trinajstić information content (AvgIpc) is 3.28. The van der Waals surface area contributed by atoms with Gasteiger partial charge in [-0.2, -0.15) is 5.10 Å². The Labute approximate surface area is 148 Å². The van der Waals surface area contributed by atoms with Gasteiger partial charge in [0.15, 0.2) is 0 Å². The van der Waals surface area contributed by atoms with E-state index < -0.39 is 5.41 Å². The molecule has 0 bridgehead atoms. The van der Waals surface area contributed by atoms with Crippen molar-refractivity contribution in [3.05, 3.63) is 51.8 Å². The smallest absolute Gasteiger partial charge is 0.260 e. The first-order valence-electron chi connectivity index (χ1n) is 7.77. The summed E-state index contributed by atoms with van der Waals surface area (Å²) in [5.41, 5.74) is 7.25. The number of halogens is 1. The highest BCUT2D eigenvalue weighted by Crippen LogP contribution is 2.48. The summed E-state index contributed by atoms with van der Waals surface area (Å²) < 4.78 is 2.58. The molecule has 6 nitrogen and oxygen atoms in total. The minimum absolute atomic E-state index is 0.0746. The summed E-state index contributed by atoms with van der Waals surface area (Å²) in [6.45, 7) is 3.84. The van der Waals surface area contributed by atoms with Gasteiger partial charge in [0, 0.05) is 10.2 Å². The molecule has 1 heterocycles. The number of carbonyl (C=O) groups excluding carboxylic acids is 2. The Morgan fingerprint density at radius 1 is 1.21 bits per heavy atom. The zero-order valence-electron chi connectivity index (χ0n) is 13.6. The Kier molecular flexibility index (Phi) is 4.45. The lowest BCUT2D eigenvalue weighted by Gasteiger charge is -2.16. The van der Waals surface area contributed by atoms with Gasteiger partial charge in [-0.05, 0) is 50.5 Å². The second-order valence-electron chi connectivity index (χ2n) is 6.18. The first-order chi connectivity index (χ1) is 11.4. The third-order valence-corrected chi connectivity index (χ3v) is 4.82. The standard InChI is InChI=1S/C17H19BrN4O2/c1-11-9-12(2)22(21-11)10-15(23)19-20-16(24)17(7-8-17)13-3-5-14(18)6-4-13/h3-6,9H,7-8,10H2,1-2H3,(H,19,23)(H,20,24). The molecule has 7 heteroatoms. The SMILES string of the molecule is Cc1cc(C)n(CC(=O)NNC(=O)C2(c3ccc(Br)cc3)CC2)n1. The molecule has 2 amide bonds. The van der Waals surface area contributed by atoms with Crippen molar-refractivity contribution < 1.29 is 9.59 Å². The number of hydrogen-bond donors (Lipinski definition) is 2. The summed E-state index contributed by atoms with van der Waals surface area (Å²) in [7, 11) is 0. The molecular weight excluding hydrogens is 372 g/mol. The van der Waals surface area contributed by atoms with Gasteiger partial charge in [0.25, 0.3) is 5.91 Å². The van der Waals surface area contributed by atoms with Gasteiger partial charge in [-0.15, -0.1) is 0 Å². The lowest BCUT2D eigenvalue weighted by Crippen LogP contribution is -2.47. The van der Waals surface area contributed by atoms with Crippen molar-refractivity contribution in [1.29, 1.82) is 0 Å². The van der Waals surface area contributed by atoms with E-state index in [0.717, 1.165) is 34.3 Å². The van der Waals surface area contributed by atoms with Crippen LogP contribution >= 0.6 is 15.9 Å². The van der Waals surface area contributed by atoms with E-state index in [-0.39, 0.29) is 18.4 Å². The molecule has 1 aliphatic rings. The number of aryl methyl sites for hydroxylation is 2. The van der Waals surface area contributed by atoms with E-state index in [1.807, 2.05) is 44.2 Å². The van der Waals surface area contributed by atoms with E-state index in [1.165, 1.54) is 0 Å². The fourth-order valence-corrected chi connectivity index (χ4v) is 3.06. The highest BCUT2D eigenvalue weighted by Gasteiger charge is 2.51. The molecule has 1 saturated carbocycles. The summed E-state index contributed by atoms with van der Waals surface area (Å²) in [5, 5.41) is 4.23. The van der Waals surface area contributed by atoms with E-state index in [9.17, 15) is 9.59 Å². The van der Waals surface area contributed by atoms with Gasteiger partial charge in [0.05, 0.1) is 11.1 Å². The number of rotatable bonds is 4. The Hall–Kier alpha value is -2.15. The van der Waals surface area contributed by atoms with Crippen LogP contribution < -0.4 is 10.9 Å². The van der Waals surface area contributed by atoms with E-state index in [0.29, 0.717) is 0 Å². The third kappa shape index (κ3) is 3.36. The maximum Gasteiger partial charge on any atom is 0.260 e. The van der Waals surface area contributed by atoms with Crippen LogP contribution in [0.2, 0.25) is 0 Å². The van der Waals surface area contributed by atoms with Crippen molar-refractivity contribution in [2.45, 2.75) is 38.6 Å². The molecule has 24 heavy (non-hydrogen) atoms. The van der Waals surface area contributed by atoms with Gasteiger partial charge in [-0.25, -0.2) is 0 Å². The Balaban J connectivity index is 1.58. The van der Waals surface area contributed by atoms with Crippen molar-refractivity contribution in [2.24, 2.45) is 0 Å². The third-order valence-electron chi connectivity index (χ3n) is 4.29. The topological polar surface area (TPSA) is 76.0 Å². The van der Waals surface area contributed by atoms with Crippen LogP contribution in [-0.4, -0.2) is 21.6 Å². The molecule has 126 valence electrons. The van der Waals surface area contributed by atoms with Crippen LogP contribution in [0, 0.1) is 13.8 Å². The number of nitrogens with one attached hydrogen (secondary N) is 2. The second kappa shape index (κ2) is 6.39. The zero-order chi connectivity index (χ0) is 17.3. The number of benzene rings is 1. The van der Waals surface area contributed by atoms with E-state index in [4.69, 9.17) is 0 Å². The van der Waals surface area contributed by atoms with Crippen LogP contribution in [0.5, 0.6) is 0 Å². The van der Waals surface area contributed by atoms with Crippen molar-refractivity contribution in [2.75, 3.05) is 0 Å². The lowest BCUT2D eigenvalue weighted by atomic mass is 9.95. The molecule has 2 aromatic rings. The summed E-state index contributed by atoms with van der Waals surface area (Å²) >= 11 is 3.39. The summed E-state index contributed by atoms with van der Waals surface area (Å²) in [6.07, 6.45) is 1.57. The summed E-state index contributed by atoms with van der Waals surface area (Å²) in [5.74, 6) is -0.479. The predicted molar refractivity (Wildman–Crippen MR) is 93.0 cm³/mol. The van der Waals surface area contributed by atoms with Crippen LogP contribution in [0.4, 0.5) is 0 Å². The maximum absolute atomic E-state index is 12.5. The van der Waals surface area contributed by atoms with Crippen LogP contribution in [0.15, 0.2) is 34.8 Å². The molecule has 1 fully saturated rings. The van der Waals surface area contributed by atoms with Crippen molar-refractivity contribution >= 4 is 27.7 Å². The molecule has 1 aliphatic carbocycles. The summed E-state index contributed by atoms with van der Waals surface area (Å²) in [4.78, 5) is 24.5. The fraction of sp³-hybridized carbons (Fsp3) is 0.353. The molecular formula is C17H19BrN4O2. The number of hydrazine groups is 1. The van der Waals surface area contributed by atoms with Crippen molar-refractivity contribution in [3.63, 3.8) is 0 Å². The van der Waals surface area contributed by atoms with Gasteiger partial charge in [-0.3, -0.25) is 25.1 Å². The predicted octanol–water partition coefficient (Wildman–Crippen LogP) is 2.14. The molecule has 1 aromatic carbocycles. The van der Waals surface area contributed by atoms with Crippen LogP contribution in [0.3, 0.4) is 0 Å². The molecule has 2 N–H and O–H groups in total. The van der Waals surface area contributed by atoms with Gasteiger partial charge in [0.2, 0.25) is 5.91 Å². The van der Waals surface area contributed by atoms with Crippen LogP contribution in [0.25, 0.3) is 0 Å². The number of amides is 2. The quantitative estimate of drug-likeness (QED) is 0.785. The normalized spacial score (nSPS) is 15.0. The van der Waals surface area contributed by atoms with Gasteiger partial charge >= 0.3 is 0 Å². The zero-order valence-corrected chi connectivity index (χ0v) is 15.2. The first-order valence-corrected chi connectivity index (χ1v) is 8.56. The molecule has 3 rings (SSSR count). The minimum atomic E-state index is -0.522. The number of nitrogens with zero attached hydrogens (tertiary/aromatic N) is 2. The highest BCUT2D eigenvalue weighted by molar-refractivity contribution is 9.10. The number of aromatic nitrogens is 2. The molecule has 0 radical (unpaired) electrons. The molecule has 0 spiro atoms. The van der Waals surface area contributed by atoms with Crippen LogP contribution in [0.1, 0.15) is 29.8 Å². The molecule has 0 unspecified atom stereocenters. The van der Waals surface area contributed by atoms with Gasteiger partial charge < -0.3 is 0 Å². The number of carbonyl (C=O) groups is 2. The number of hydrogen-bond acceptors (Lipinski definition) is 3. The fourth-order valence-electron chi connectivity index (χ4n) is 2.80. The van der Waals surface area contributed by atoms with Crippen molar-refractivity contribution in [3.8, 4) is 0 Å². The molecule has 0 saturated heterocycles. The van der Waals surface area contributed by atoms with Crippen LogP contribution in [-0.2, 0) is 21.5 Å². The Bertz CT molecular complexity index is 778. The van der Waals surface area contributed by atoms with Gasteiger partial charge in [-0.1, -0.05) is 28.1 Å². The summed E-state index contributed by atoms with van der Waals surface area (Å²) in [6, 6.07) is 9.62. The van der Waals surface area contributed by atoms with E-state index in [1.54, 1.807) is 4.68 Å². The van der Waals surface area contributed by atoms with E-state index in [2.05, 4.69) is 31.9 Å². The Morgan fingerprint density at radius 2 is 1.88 bits per heavy atom. The first kappa shape index (κ1) is 16.7. The average molecular weight is 391 g/mol. The largest absolute Gasteiger partial charge is 0.272 e. The molecule has 0 atom stereocenters. The minimum Gasteiger partial charge on any atom is -0.272 e. The second-order valence-corrected chi connectivity index (χ2v) is 7.09. The Morgan fingerprint density at radius 3 is 2.42 bits per heavy atom. The molecule has 0 aliphatic heterocycles. The lowest BCUT2D eigenvalue weighted by molar-refractivity contribution is -0.130. The van der Waals surface area contributed by atoms with Crippen molar-refractivity contribution in [1.82, 2.24) is 20.6 Å². The monoisotopic (exact) mass is 390 g/mol. The van der Waals surface area contributed by atoms with E-state index >= 15 is 0 Å². The maximum atomic E-state index is 12.5.